The maximum atomic E-state index is 12.5. The summed E-state index contributed by atoms with van der Waals surface area (Å²) in [5.41, 5.74) is -1.77. The van der Waals surface area contributed by atoms with Gasteiger partial charge in [-0.3, -0.25) is 4.79 Å². The molecule has 4 nitrogen and oxygen atoms in total. The highest BCUT2D eigenvalue weighted by Gasteiger charge is 2.70. The summed E-state index contributed by atoms with van der Waals surface area (Å²) in [5.74, 6) is 1.19. The lowest BCUT2D eigenvalue weighted by Gasteiger charge is -2.62. The predicted molar refractivity (Wildman–Crippen MR) is 99.3 cm³/mol. The number of rotatable bonds is 1. The minimum Gasteiger partial charge on any atom is -0.393 e. The van der Waals surface area contributed by atoms with Crippen LogP contribution in [0.3, 0.4) is 0 Å². The van der Waals surface area contributed by atoms with E-state index in [0.29, 0.717) is 24.2 Å². The van der Waals surface area contributed by atoms with Crippen LogP contribution >= 0.6 is 0 Å². The van der Waals surface area contributed by atoms with E-state index in [0.717, 1.165) is 38.5 Å². The number of fused-ring (bicyclic) bond motifs is 5. The van der Waals surface area contributed by atoms with Gasteiger partial charge in [-0.2, -0.15) is 0 Å². The van der Waals surface area contributed by atoms with E-state index in [4.69, 9.17) is 0 Å². The van der Waals surface area contributed by atoms with Gasteiger partial charge in [-0.1, -0.05) is 20.8 Å². The Morgan fingerprint density at radius 1 is 1.08 bits per heavy atom. The zero-order valence-electron chi connectivity index (χ0n) is 16.7. The molecule has 0 aromatic carbocycles. The number of ketones is 1. The Bertz CT molecular complexity index is 605. The molecule has 4 aliphatic carbocycles. The fraction of sp³-hybridized carbons (Fsp3) is 0.955. The Morgan fingerprint density at radius 3 is 2.42 bits per heavy atom. The zero-order chi connectivity index (χ0) is 19.1. The highest BCUT2D eigenvalue weighted by atomic mass is 16.3. The van der Waals surface area contributed by atoms with Crippen molar-refractivity contribution in [3.05, 3.63) is 0 Å². The third-order valence-corrected chi connectivity index (χ3v) is 9.69. The predicted octanol–water partition coefficient (Wildman–Crippen LogP) is 2.93. The Morgan fingerprint density at radius 2 is 1.77 bits per heavy atom. The van der Waals surface area contributed by atoms with E-state index in [1.54, 1.807) is 0 Å². The average molecular weight is 365 g/mol. The van der Waals surface area contributed by atoms with Gasteiger partial charge in [-0.05, 0) is 86.9 Å². The van der Waals surface area contributed by atoms with E-state index in [1.807, 2.05) is 6.92 Å². The minimum atomic E-state index is -1.32. The average Bonchev–Trinajstić information content (AvgIpc) is 2.76. The third-order valence-electron chi connectivity index (χ3n) is 9.69. The van der Waals surface area contributed by atoms with Crippen molar-refractivity contribution in [3.8, 4) is 0 Å². The summed E-state index contributed by atoms with van der Waals surface area (Å²) < 4.78 is 0. The Labute approximate surface area is 157 Å². The molecule has 26 heavy (non-hydrogen) atoms. The topological polar surface area (TPSA) is 77.8 Å². The second-order valence-corrected chi connectivity index (χ2v) is 10.7. The van der Waals surface area contributed by atoms with Crippen molar-refractivity contribution in [2.45, 2.75) is 90.4 Å². The number of aliphatic hydroxyl groups is 3. The van der Waals surface area contributed by atoms with Gasteiger partial charge >= 0.3 is 0 Å². The SMILES string of the molecule is CC(=O)[C@@]1(O)[C@H](C)C[C@@H]2[C@@H]3CC[C@@H]4C[C@H](O)CC[C@]4(C)[C@H]3[C@H](O)C[C@]21C. The van der Waals surface area contributed by atoms with Crippen LogP contribution in [0.1, 0.15) is 72.6 Å². The maximum Gasteiger partial charge on any atom is 0.162 e. The molecule has 4 rings (SSSR count). The lowest BCUT2D eigenvalue weighted by Crippen LogP contribution is -2.63. The maximum absolute atomic E-state index is 12.5. The third kappa shape index (κ3) is 2.15. The van der Waals surface area contributed by atoms with Gasteiger partial charge in [0, 0.05) is 5.41 Å². The number of aliphatic hydroxyl groups excluding tert-OH is 2. The summed E-state index contributed by atoms with van der Waals surface area (Å²) >= 11 is 0. The van der Waals surface area contributed by atoms with Crippen LogP contribution in [0.5, 0.6) is 0 Å². The van der Waals surface area contributed by atoms with Gasteiger partial charge in [-0.15, -0.1) is 0 Å². The van der Waals surface area contributed by atoms with Crippen LogP contribution in [0.15, 0.2) is 0 Å². The lowest BCUT2D eigenvalue weighted by atomic mass is 9.43. The molecule has 3 N–H and O–H groups in total. The molecule has 4 saturated carbocycles. The molecule has 0 heterocycles. The number of carbonyl (C=O) groups excluding carboxylic acids is 1. The lowest BCUT2D eigenvalue weighted by molar-refractivity contribution is -0.203. The van der Waals surface area contributed by atoms with E-state index in [1.165, 1.54) is 6.92 Å². The fourth-order valence-electron chi connectivity index (χ4n) is 8.44. The molecular weight excluding hydrogens is 328 g/mol. The van der Waals surface area contributed by atoms with Crippen molar-refractivity contribution in [1.29, 1.82) is 0 Å². The molecule has 0 radical (unpaired) electrons. The van der Waals surface area contributed by atoms with Crippen LogP contribution < -0.4 is 0 Å². The van der Waals surface area contributed by atoms with Crippen molar-refractivity contribution >= 4 is 5.78 Å². The fourth-order valence-corrected chi connectivity index (χ4v) is 8.44. The molecule has 0 saturated heterocycles. The Balaban J connectivity index is 1.73. The monoisotopic (exact) mass is 364 g/mol. The number of hydrogen-bond acceptors (Lipinski definition) is 4. The second-order valence-electron chi connectivity index (χ2n) is 10.7. The number of carbonyl (C=O) groups is 1. The molecular formula is C22H36O4. The molecule has 0 bridgehead atoms. The van der Waals surface area contributed by atoms with Crippen molar-refractivity contribution in [1.82, 2.24) is 0 Å². The standard InChI is InChI=1S/C22H36O4/c1-12-9-17-16-6-5-14-10-15(24)7-8-20(14,3)19(16)18(25)11-21(17,4)22(12,26)13(2)23/h12,14-19,24-26H,5-11H2,1-4H3/t12-,14-,15-,16+,17-,18-,19-,20+,21-,22+/m1/s1. The molecule has 0 amide bonds. The summed E-state index contributed by atoms with van der Waals surface area (Å²) in [7, 11) is 0. The first-order valence-corrected chi connectivity index (χ1v) is 10.6. The van der Waals surface area contributed by atoms with Gasteiger partial charge in [0.05, 0.1) is 12.2 Å². The van der Waals surface area contributed by atoms with Gasteiger partial charge in [0.2, 0.25) is 0 Å². The number of hydrogen-bond donors (Lipinski definition) is 3. The second kappa shape index (κ2) is 5.78. The molecule has 0 spiro atoms. The van der Waals surface area contributed by atoms with Gasteiger partial charge < -0.3 is 15.3 Å². The van der Waals surface area contributed by atoms with E-state index >= 15 is 0 Å². The molecule has 4 fully saturated rings. The van der Waals surface area contributed by atoms with E-state index in [9.17, 15) is 20.1 Å². The van der Waals surface area contributed by atoms with Gasteiger partial charge in [0.15, 0.2) is 5.78 Å². The molecule has 10 atom stereocenters. The van der Waals surface area contributed by atoms with Crippen molar-refractivity contribution in [2.24, 2.45) is 40.4 Å². The quantitative estimate of drug-likeness (QED) is 0.668. The van der Waals surface area contributed by atoms with Crippen LogP contribution in [0.4, 0.5) is 0 Å². The van der Waals surface area contributed by atoms with E-state index in [-0.39, 0.29) is 29.1 Å². The number of Topliss-reactive ketones (excluding diaryl/α,β-unsaturated/α-hetero) is 1. The normalized spacial score (nSPS) is 59.3. The van der Waals surface area contributed by atoms with Crippen LogP contribution in [-0.4, -0.2) is 38.9 Å². The Kier molecular flexibility index (Phi) is 4.20. The first-order valence-electron chi connectivity index (χ1n) is 10.6. The highest BCUT2D eigenvalue weighted by Crippen LogP contribution is 2.69. The zero-order valence-corrected chi connectivity index (χ0v) is 16.7. The minimum absolute atomic E-state index is 0.0559. The molecule has 0 aromatic rings. The van der Waals surface area contributed by atoms with Crippen LogP contribution in [-0.2, 0) is 4.79 Å². The van der Waals surface area contributed by atoms with E-state index in [2.05, 4.69) is 13.8 Å². The van der Waals surface area contributed by atoms with Crippen molar-refractivity contribution in [3.63, 3.8) is 0 Å². The summed E-state index contributed by atoms with van der Waals surface area (Å²) in [6.07, 6.45) is 5.56. The molecule has 0 unspecified atom stereocenters. The van der Waals surface area contributed by atoms with Crippen molar-refractivity contribution in [2.75, 3.05) is 0 Å². The van der Waals surface area contributed by atoms with Crippen LogP contribution in [0.25, 0.3) is 0 Å². The molecule has 4 aliphatic rings. The highest BCUT2D eigenvalue weighted by molar-refractivity contribution is 5.86. The molecule has 148 valence electrons. The smallest absolute Gasteiger partial charge is 0.162 e. The largest absolute Gasteiger partial charge is 0.393 e. The first kappa shape index (κ1) is 18.9. The molecule has 4 heteroatoms. The van der Waals surface area contributed by atoms with Crippen LogP contribution in [0.2, 0.25) is 0 Å². The van der Waals surface area contributed by atoms with E-state index < -0.39 is 17.1 Å². The van der Waals surface area contributed by atoms with Gasteiger partial charge in [0.25, 0.3) is 0 Å². The van der Waals surface area contributed by atoms with Crippen LogP contribution in [0, 0.1) is 40.4 Å². The summed E-state index contributed by atoms with van der Waals surface area (Å²) in [5, 5.41) is 32.9. The Hall–Kier alpha value is -0.450. The molecule has 0 aliphatic heterocycles. The first-order chi connectivity index (χ1) is 12.1. The van der Waals surface area contributed by atoms with Crippen molar-refractivity contribution < 1.29 is 20.1 Å². The van der Waals surface area contributed by atoms with Gasteiger partial charge in [-0.25, -0.2) is 0 Å². The molecule has 0 aromatic heterocycles. The van der Waals surface area contributed by atoms with Gasteiger partial charge in [0.1, 0.15) is 5.60 Å². The summed E-state index contributed by atoms with van der Waals surface area (Å²) in [6, 6.07) is 0. The summed E-state index contributed by atoms with van der Waals surface area (Å²) in [6.45, 7) is 7.92. The summed E-state index contributed by atoms with van der Waals surface area (Å²) in [4.78, 5) is 12.5.